The first-order valence-electron chi connectivity index (χ1n) is 8.21. The molecule has 0 radical (unpaired) electrons. The molecule has 24 heavy (non-hydrogen) atoms. The first-order chi connectivity index (χ1) is 11.7. The van der Waals surface area contributed by atoms with Gasteiger partial charge < -0.3 is 14.8 Å². The highest BCUT2D eigenvalue weighted by atomic mass is 16.5. The Morgan fingerprint density at radius 3 is 2.54 bits per heavy atom. The molecule has 0 amide bonds. The van der Waals surface area contributed by atoms with Crippen molar-refractivity contribution in [3.8, 4) is 17.5 Å². The van der Waals surface area contributed by atoms with Crippen molar-refractivity contribution in [1.82, 2.24) is 20.3 Å². The van der Waals surface area contributed by atoms with Crippen LogP contribution >= 0.6 is 0 Å². The summed E-state index contributed by atoms with van der Waals surface area (Å²) in [4.78, 5) is 12.8. The second-order valence-electron chi connectivity index (χ2n) is 6.27. The second-order valence-corrected chi connectivity index (χ2v) is 6.27. The fraction of sp³-hybridized carbons (Fsp3) is 0.389. The number of hydrogen-bond donors (Lipinski definition) is 1. The lowest BCUT2D eigenvalue weighted by atomic mass is 10.0. The molecule has 2 aromatic rings. The van der Waals surface area contributed by atoms with Gasteiger partial charge in [-0.25, -0.2) is 9.97 Å². The van der Waals surface area contributed by atoms with E-state index in [2.05, 4.69) is 32.4 Å². The Bertz CT molecular complexity index is 763. The van der Waals surface area contributed by atoms with Gasteiger partial charge in [-0.2, -0.15) is 0 Å². The summed E-state index contributed by atoms with van der Waals surface area (Å²) in [6, 6.07) is 4.53. The number of ether oxygens (including phenoxy) is 2. The zero-order valence-electron chi connectivity index (χ0n) is 13.8. The van der Waals surface area contributed by atoms with Crippen LogP contribution in [0.4, 0.5) is 0 Å². The van der Waals surface area contributed by atoms with Crippen LogP contribution in [-0.2, 0) is 0 Å². The predicted octanol–water partition coefficient (Wildman–Crippen LogP) is 2.72. The normalized spacial score (nSPS) is 24.8. The average molecular weight is 324 g/mol. The Labute approximate surface area is 141 Å². The van der Waals surface area contributed by atoms with E-state index in [1.165, 1.54) is 6.33 Å². The summed E-state index contributed by atoms with van der Waals surface area (Å²) >= 11 is 0. The third kappa shape index (κ3) is 2.97. The van der Waals surface area contributed by atoms with Gasteiger partial charge in [0.1, 0.15) is 12.4 Å². The molecule has 0 spiro atoms. The van der Waals surface area contributed by atoms with Gasteiger partial charge in [-0.1, -0.05) is 12.2 Å². The average Bonchev–Trinajstić information content (AvgIpc) is 2.92. The molecule has 4 heterocycles. The van der Waals surface area contributed by atoms with Crippen molar-refractivity contribution in [2.45, 2.75) is 44.9 Å². The van der Waals surface area contributed by atoms with Crippen LogP contribution in [0, 0.1) is 13.8 Å². The largest absolute Gasteiger partial charge is 0.474 e. The molecule has 2 aromatic heterocycles. The summed E-state index contributed by atoms with van der Waals surface area (Å²) < 4.78 is 12.1. The van der Waals surface area contributed by atoms with E-state index in [-0.39, 0.29) is 6.10 Å². The van der Waals surface area contributed by atoms with Crippen LogP contribution in [-0.4, -0.2) is 33.1 Å². The lowest BCUT2D eigenvalue weighted by Crippen LogP contribution is -2.43. The van der Waals surface area contributed by atoms with Crippen LogP contribution in [0.1, 0.15) is 24.1 Å². The van der Waals surface area contributed by atoms with Crippen molar-refractivity contribution in [3.63, 3.8) is 0 Å². The summed E-state index contributed by atoms with van der Waals surface area (Å²) in [7, 11) is 0. The van der Waals surface area contributed by atoms with Crippen LogP contribution in [0.3, 0.4) is 0 Å². The molecule has 2 unspecified atom stereocenters. The SMILES string of the molecule is Cc1ncccc1Oc1ncnc(OC2CC3C=C[C@@H](C2)N3)c1C. The lowest BCUT2D eigenvalue weighted by molar-refractivity contribution is 0.135. The summed E-state index contributed by atoms with van der Waals surface area (Å²) in [5.74, 6) is 1.79. The van der Waals surface area contributed by atoms with Gasteiger partial charge in [-0.05, 0) is 26.0 Å². The number of nitrogens with one attached hydrogen (secondary N) is 1. The smallest absolute Gasteiger partial charge is 0.229 e. The van der Waals surface area contributed by atoms with Gasteiger partial charge in [-0.3, -0.25) is 4.98 Å². The topological polar surface area (TPSA) is 69.2 Å². The molecule has 4 rings (SSSR count). The van der Waals surface area contributed by atoms with E-state index in [1.807, 2.05) is 26.0 Å². The van der Waals surface area contributed by atoms with Gasteiger partial charge in [0.25, 0.3) is 0 Å². The highest BCUT2D eigenvalue weighted by molar-refractivity contribution is 5.37. The minimum atomic E-state index is 0.151. The quantitative estimate of drug-likeness (QED) is 0.872. The number of hydrogen-bond acceptors (Lipinski definition) is 6. The molecule has 3 atom stereocenters. The molecule has 6 nitrogen and oxygen atoms in total. The van der Waals surface area contributed by atoms with Gasteiger partial charge >= 0.3 is 0 Å². The fourth-order valence-corrected chi connectivity index (χ4v) is 3.19. The predicted molar refractivity (Wildman–Crippen MR) is 89.3 cm³/mol. The van der Waals surface area contributed by atoms with E-state index >= 15 is 0 Å². The maximum atomic E-state index is 6.15. The molecular weight excluding hydrogens is 304 g/mol. The number of aryl methyl sites for hydroxylation is 1. The standard InChI is InChI=1S/C18H20N4O2/c1-11-17(23-15-8-13-5-6-14(9-15)22-13)20-10-21-18(11)24-16-4-3-7-19-12(16)2/h3-7,10,13-15,22H,8-9H2,1-2H3/t13-,14?,15?/m0/s1. The van der Waals surface area contributed by atoms with Gasteiger partial charge in [0.2, 0.25) is 11.8 Å². The number of fused-ring (bicyclic) bond motifs is 2. The van der Waals surface area contributed by atoms with E-state index in [9.17, 15) is 0 Å². The molecule has 6 heteroatoms. The summed E-state index contributed by atoms with van der Waals surface area (Å²) in [6.45, 7) is 3.82. The maximum Gasteiger partial charge on any atom is 0.229 e. The fourth-order valence-electron chi connectivity index (χ4n) is 3.19. The Hall–Kier alpha value is -2.47. The molecule has 2 aliphatic heterocycles. The van der Waals surface area contributed by atoms with Crippen molar-refractivity contribution in [2.75, 3.05) is 0 Å². The van der Waals surface area contributed by atoms with Crippen LogP contribution in [0.25, 0.3) is 0 Å². The Balaban J connectivity index is 1.52. The van der Waals surface area contributed by atoms with Crippen LogP contribution in [0.2, 0.25) is 0 Å². The van der Waals surface area contributed by atoms with Crippen LogP contribution in [0.15, 0.2) is 36.8 Å². The molecule has 0 saturated carbocycles. The Kier molecular flexibility index (Phi) is 3.90. The maximum absolute atomic E-state index is 6.15. The lowest BCUT2D eigenvalue weighted by Gasteiger charge is -2.29. The molecule has 2 aliphatic rings. The monoisotopic (exact) mass is 324 g/mol. The molecule has 0 aliphatic carbocycles. The van der Waals surface area contributed by atoms with Crippen LogP contribution < -0.4 is 14.8 Å². The van der Waals surface area contributed by atoms with Crippen molar-refractivity contribution in [1.29, 1.82) is 0 Å². The van der Waals surface area contributed by atoms with Crippen molar-refractivity contribution >= 4 is 0 Å². The van der Waals surface area contributed by atoms with E-state index in [0.717, 1.165) is 24.1 Å². The summed E-state index contributed by atoms with van der Waals surface area (Å²) in [5.41, 5.74) is 1.62. The van der Waals surface area contributed by atoms with E-state index < -0.39 is 0 Å². The molecule has 1 saturated heterocycles. The number of nitrogens with zero attached hydrogens (tertiary/aromatic N) is 3. The van der Waals surface area contributed by atoms with Crippen molar-refractivity contribution in [3.05, 3.63) is 48.1 Å². The van der Waals surface area contributed by atoms with E-state index in [4.69, 9.17) is 9.47 Å². The van der Waals surface area contributed by atoms with Crippen molar-refractivity contribution < 1.29 is 9.47 Å². The number of pyridine rings is 1. The number of rotatable bonds is 4. The third-order valence-corrected chi connectivity index (χ3v) is 4.47. The highest BCUT2D eigenvalue weighted by Crippen LogP contribution is 2.31. The molecule has 1 fully saturated rings. The van der Waals surface area contributed by atoms with Crippen molar-refractivity contribution in [2.24, 2.45) is 0 Å². The molecule has 124 valence electrons. The number of piperidine rings is 1. The van der Waals surface area contributed by atoms with E-state index in [1.54, 1.807) is 6.20 Å². The third-order valence-electron chi connectivity index (χ3n) is 4.47. The zero-order valence-corrected chi connectivity index (χ0v) is 13.8. The molecule has 1 N–H and O–H groups in total. The first-order valence-corrected chi connectivity index (χ1v) is 8.21. The second kappa shape index (κ2) is 6.20. The minimum absolute atomic E-state index is 0.151. The molecular formula is C18H20N4O2. The Morgan fingerprint density at radius 1 is 1.04 bits per heavy atom. The summed E-state index contributed by atoms with van der Waals surface area (Å²) in [6.07, 6.45) is 9.72. The van der Waals surface area contributed by atoms with E-state index in [0.29, 0.717) is 29.6 Å². The minimum Gasteiger partial charge on any atom is -0.474 e. The first kappa shape index (κ1) is 15.1. The highest BCUT2D eigenvalue weighted by Gasteiger charge is 2.31. The summed E-state index contributed by atoms with van der Waals surface area (Å²) in [5, 5.41) is 3.52. The van der Waals surface area contributed by atoms with Crippen LogP contribution in [0.5, 0.6) is 17.5 Å². The number of aromatic nitrogens is 3. The van der Waals surface area contributed by atoms with Gasteiger partial charge in [0, 0.05) is 31.1 Å². The van der Waals surface area contributed by atoms with Gasteiger partial charge in [0.05, 0.1) is 11.3 Å². The van der Waals surface area contributed by atoms with Gasteiger partial charge in [0.15, 0.2) is 5.75 Å². The zero-order chi connectivity index (χ0) is 16.5. The van der Waals surface area contributed by atoms with Gasteiger partial charge in [-0.15, -0.1) is 0 Å². The Morgan fingerprint density at radius 2 is 1.79 bits per heavy atom. The molecule has 2 bridgehead atoms. The molecule has 0 aromatic carbocycles.